The van der Waals surface area contributed by atoms with E-state index in [0.717, 1.165) is 25.3 Å². The van der Waals surface area contributed by atoms with Crippen LogP contribution in [0.5, 0.6) is 0 Å². The Morgan fingerprint density at radius 1 is 1.32 bits per heavy atom. The molecule has 1 aromatic carbocycles. The predicted molar refractivity (Wildman–Crippen MR) is 72.5 cm³/mol. The number of nitrogens with two attached hydrogens (primary N) is 1. The topological polar surface area (TPSA) is 59.8 Å². The molecule has 0 amide bonds. The van der Waals surface area contributed by atoms with Crippen LogP contribution < -0.4 is 17.7 Å². The van der Waals surface area contributed by atoms with E-state index in [0.29, 0.717) is 0 Å². The Morgan fingerprint density at radius 2 is 1.95 bits per heavy atom. The van der Waals surface area contributed by atoms with Crippen LogP contribution in [0.15, 0.2) is 24.3 Å². The molecule has 0 saturated carbocycles. The number of benzene rings is 1. The van der Waals surface area contributed by atoms with Crippen LogP contribution in [0.4, 0.5) is 5.69 Å². The lowest BCUT2D eigenvalue weighted by molar-refractivity contribution is -0.660. The number of non-ortho nitro benzene ring substituents is 1. The molecule has 0 aromatic heterocycles. The van der Waals surface area contributed by atoms with Crippen molar-refractivity contribution in [3.63, 3.8) is 0 Å². The molecule has 0 fully saturated rings. The van der Waals surface area contributed by atoms with Crippen LogP contribution in [0.1, 0.15) is 32.3 Å². The largest absolute Gasteiger partial charge is 1.00 e. The molecule has 0 aliphatic heterocycles. The Hall–Kier alpha value is -1.13. The Balaban J connectivity index is 0.00000324. The fraction of sp³-hybridized carbons (Fsp3) is 0.571. The van der Waals surface area contributed by atoms with Gasteiger partial charge in [0.1, 0.15) is 0 Å². The summed E-state index contributed by atoms with van der Waals surface area (Å²) in [6, 6.07) is 6.87. The van der Waals surface area contributed by atoms with Crippen LogP contribution in [-0.4, -0.2) is 18.0 Å². The summed E-state index contributed by atoms with van der Waals surface area (Å²) in [6.45, 7) is 6.81. The van der Waals surface area contributed by atoms with E-state index in [-0.39, 0.29) is 23.0 Å². The summed E-state index contributed by atoms with van der Waals surface area (Å²) < 4.78 is 0. The van der Waals surface area contributed by atoms with Gasteiger partial charge < -0.3 is 17.7 Å². The molecule has 1 aromatic rings. The van der Waals surface area contributed by atoms with Crippen molar-refractivity contribution in [2.24, 2.45) is 5.92 Å². The molecular formula is C14H23ClN2O2. The first kappa shape index (κ1) is 17.9. The average molecular weight is 287 g/mol. The van der Waals surface area contributed by atoms with Gasteiger partial charge in [0, 0.05) is 24.5 Å². The van der Waals surface area contributed by atoms with Crippen LogP contribution in [0.25, 0.3) is 0 Å². The number of nitrogens with zero attached hydrogens (tertiary/aromatic N) is 1. The van der Waals surface area contributed by atoms with Gasteiger partial charge in [-0.1, -0.05) is 26.0 Å². The minimum absolute atomic E-state index is 0. The fourth-order valence-corrected chi connectivity index (χ4v) is 1.80. The van der Waals surface area contributed by atoms with Crippen molar-refractivity contribution in [3.8, 4) is 0 Å². The smallest absolute Gasteiger partial charge is 0.269 e. The van der Waals surface area contributed by atoms with Crippen molar-refractivity contribution in [1.29, 1.82) is 0 Å². The zero-order valence-electron chi connectivity index (χ0n) is 11.6. The summed E-state index contributed by atoms with van der Waals surface area (Å²) in [6.07, 6.45) is 3.35. The number of hydrogen-bond donors (Lipinski definition) is 1. The van der Waals surface area contributed by atoms with Crippen LogP contribution >= 0.6 is 0 Å². The Kier molecular flexibility index (Phi) is 9.17. The lowest BCUT2D eigenvalue weighted by atomic mass is 10.1. The lowest BCUT2D eigenvalue weighted by Crippen LogP contribution is -3.00. The SMILES string of the molecule is CCC(C)C[NH2+]CCCc1ccc([N+](=O)[O-])cc1.[Cl-]. The molecule has 0 aliphatic carbocycles. The number of rotatable bonds is 8. The van der Waals surface area contributed by atoms with Gasteiger partial charge in [-0.05, 0) is 18.4 Å². The van der Waals surface area contributed by atoms with E-state index in [2.05, 4.69) is 19.2 Å². The van der Waals surface area contributed by atoms with E-state index in [1.165, 1.54) is 18.5 Å². The highest BCUT2D eigenvalue weighted by Gasteiger charge is 2.04. The van der Waals surface area contributed by atoms with Gasteiger partial charge in [0.15, 0.2) is 0 Å². The highest BCUT2D eigenvalue weighted by molar-refractivity contribution is 5.32. The second kappa shape index (κ2) is 9.75. The second-order valence-electron chi connectivity index (χ2n) is 4.85. The molecule has 1 atom stereocenters. The molecule has 0 spiro atoms. The first-order chi connectivity index (χ1) is 8.63. The molecule has 0 bridgehead atoms. The summed E-state index contributed by atoms with van der Waals surface area (Å²) in [5, 5.41) is 12.9. The summed E-state index contributed by atoms with van der Waals surface area (Å²) in [5.74, 6) is 0.782. The van der Waals surface area contributed by atoms with Crippen molar-refractivity contribution in [1.82, 2.24) is 0 Å². The summed E-state index contributed by atoms with van der Waals surface area (Å²) in [7, 11) is 0. The summed E-state index contributed by atoms with van der Waals surface area (Å²) >= 11 is 0. The average Bonchev–Trinajstić information content (AvgIpc) is 2.38. The summed E-state index contributed by atoms with van der Waals surface area (Å²) in [5.41, 5.74) is 1.35. The molecule has 5 heteroatoms. The van der Waals surface area contributed by atoms with Gasteiger partial charge >= 0.3 is 0 Å². The third-order valence-electron chi connectivity index (χ3n) is 3.29. The van der Waals surface area contributed by atoms with Gasteiger partial charge in [-0.25, -0.2) is 0 Å². The number of nitro benzene ring substituents is 1. The number of quaternary nitrogens is 1. The van der Waals surface area contributed by atoms with Gasteiger partial charge in [-0.3, -0.25) is 10.1 Å². The zero-order valence-corrected chi connectivity index (χ0v) is 12.4. The molecule has 108 valence electrons. The molecule has 0 saturated heterocycles. The van der Waals surface area contributed by atoms with E-state index in [9.17, 15) is 10.1 Å². The second-order valence-corrected chi connectivity index (χ2v) is 4.85. The molecular weight excluding hydrogens is 264 g/mol. The number of hydrogen-bond acceptors (Lipinski definition) is 2. The van der Waals surface area contributed by atoms with Gasteiger partial charge in [0.25, 0.3) is 5.69 Å². The van der Waals surface area contributed by atoms with Crippen LogP contribution in [-0.2, 0) is 6.42 Å². The van der Waals surface area contributed by atoms with Crippen molar-refractivity contribution < 1.29 is 22.6 Å². The van der Waals surface area contributed by atoms with E-state index < -0.39 is 0 Å². The Morgan fingerprint density at radius 3 is 2.47 bits per heavy atom. The number of aryl methyl sites for hydroxylation is 1. The van der Waals surface area contributed by atoms with E-state index in [4.69, 9.17) is 0 Å². The summed E-state index contributed by atoms with van der Waals surface area (Å²) in [4.78, 5) is 10.1. The normalized spacial score (nSPS) is 11.7. The quantitative estimate of drug-likeness (QED) is 0.384. The van der Waals surface area contributed by atoms with Crippen LogP contribution in [0.2, 0.25) is 0 Å². The standard InChI is InChI=1S/C14H22N2O2.ClH/c1-3-12(2)11-15-10-4-5-13-6-8-14(9-7-13)16(17)18;/h6-9,12,15H,3-5,10-11H2,1-2H3;1H. The third kappa shape index (κ3) is 7.13. The van der Waals surface area contributed by atoms with Gasteiger partial charge in [-0.2, -0.15) is 0 Å². The van der Waals surface area contributed by atoms with Gasteiger partial charge in [0.05, 0.1) is 18.0 Å². The first-order valence-electron chi connectivity index (χ1n) is 6.68. The molecule has 0 heterocycles. The predicted octanol–water partition coefficient (Wildman–Crippen LogP) is -0.859. The van der Waals surface area contributed by atoms with E-state index >= 15 is 0 Å². The molecule has 1 unspecified atom stereocenters. The molecule has 2 N–H and O–H groups in total. The zero-order chi connectivity index (χ0) is 13.4. The lowest BCUT2D eigenvalue weighted by Gasteiger charge is -2.06. The monoisotopic (exact) mass is 286 g/mol. The first-order valence-corrected chi connectivity index (χ1v) is 6.68. The van der Waals surface area contributed by atoms with Crippen molar-refractivity contribution in [2.45, 2.75) is 33.1 Å². The minimum atomic E-state index is -0.357. The van der Waals surface area contributed by atoms with Crippen molar-refractivity contribution >= 4 is 5.69 Å². The van der Waals surface area contributed by atoms with E-state index in [1.54, 1.807) is 12.1 Å². The van der Waals surface area contributed by atoms with E-state index in [1.807, 2.05) is 12.1 Å². The fourth-order valence-electron chi connectivity index (χ4n) is 1.80. The number of halogens is 1. The van der Waals surface area contributed by atoms with Crippen LogP contribution in [0.3, 0.4) is 0 Å². The Bertz CT molecular complexity index is 368. The minimum Gasteiger partial charge on any atom is -1.00 e. The molecule has 0 aliphatic rings. The van der Waals surface area contributed by atoms with Crippen LogP contribution in [0, 0.1) is 16.0 Å². The highest BCUT2D eigenvalue weighted by atomic mass is 35.5. The van der Waals surface area contributed by atoms with Crippen molar-refractivity contribution in [3.05, 3.63) is 39.9 Å². The molecule has 4 nitrogen and oxygen atoms in total. The maximum Gasteiger partial charge on any atom is 0.269 e. The highest BCUT2D eigenvalue weighted by Crippen LogP contribution is 2.12. The maximum absolute atomic E-state index is 10.5. The molecule has 0 radical (unpaired) electrons. The van der Waals surface area contributed by atoms with Gasteiger partial charge in [0.2, 0.25) is 0 Å². The third-order valence-corrected chi connectivity index (χ3v) is 3.29. The van der Waals surface area contributed by atoms with Crippen molar-refractivity contribution in [2.75, 3.05) is 13.1 Å². The van der Waals surface area contributed by atoms with Gasteiger partial charge in [-0.15, -0.1) is 0 Å². The molecule has 19 heavy (non-hydrogen) atoms. The number of nitro groups is 1. The molecule has 1 rings (SSSR count). The Labute approximate surface area is 121 Å². The maximum atomic E-state index is 10.5.